The van der Waals surface area contributed by atoms with E-state index in [2.05, 4.69) is 12.2 Å². The Balaban J connectivity index is 2.60. The molecule has 1 aliphatic rings. The number of hydrogen-bond acceptors (Lipinski definition) is 3. The molecule has 1 fully saturated rings. The highest BCUT2D eigenvalue weighted by molar-refractivity contribution is 7.92. The molecule has 0 radical (unpaired) electrons. The Kier molecular flexibility index (Phi) is 4.59. The molecule has 0 aromatic heterocycles. The number of rotatable bonds is 4. The summed E-state index contributed by atoms with van der Waals surface area (Å²) in [5.74, 6) is 0.851. The standard InChI is InChI=1S/C11H23NO2S/c1-9-5-4-6-11(7-9)15(13,14)8-10(2)12-3/h9-12H,4-8H2,1-3H3. The molecule has 0 aromatic carbocycles. The second-order valence-electron chi connectivity index (χ2n) is 4.91. The quantitative estimate of drug-likeness (QED) is 0.802. The van der Waals surface area contributed by atoms with E-state index in [1.165, 1.54) is 6.42 Å². The van der Waals surface area contributed by atoms with Crippen molar-refractivity contribution in [1.82, 2.24) is 5.32 Å². The summed E-state index contributed by atoms with van der Waals surface area (Å²) in [4.78, 5) is 0. The molecule has 3 unspecified atom stereocenters. The van der Waals surface area contributed by atoms with E-state index in [4.69, 9.17) is 0 Å². The summed E-state index contributed by atoms with van der Waals surface area (Å²) < 4.78 is 24.1. The van der Waals surface area contributed by atoms with Crippen LogP contribution in [0.25, 0.3) is 0 Å². The Morgan fingerprint density at radius 1 is 1.40 bits per heavy atom. The molecule has 0 spiro atoms. The van der Waals surface area contributed by atoms with Crippen LogP contribution in [-0.2, 0) is 9.84 Å². The van der Waals surface area contributed by atoms with Crippen molar-refractivity contribution in [1.29, 1.82) is 0 Å². The zero-order valence-corrected chi connectivity index (χ0v) is 10.8. The Labute approximate surface area is 93.6 Å². The van der Waals surface area contributed by atoms with Gasteiger partial charge in [-0.3, -0.25) is 0 Å². The minimum absolute atomic E-state index is 0.0623. The molecule has 3 atom stereocenters. The lowest BCUT2D eigenvalue weighted by molar-refractivity contribution is 0.381. The molecule has 4 heteroatoms. The van der Waals surface area contributed by atoms with Crippen LogP contribution in [0.4, 0.5) is 0 Å². The lowest BCUT2D eigenvalue weighted by Crippen LogP contribution is -2.37. The first-order valence-electron chi connectivity index (χ1n) is 5.84. The minimum atomic E-state index is -2.89. The summed E-state index contributed by atoms with van der Waals surface area (Å²) in [5, 5.41) is 2.91. The molecule has 0 amide bonds. The fraction of sp³-hybridized carbons (Fsp3) is 1.00. The predicted octanol–water partition coefficient (Wildman–Crippen LogP) is 1.59. The van der Waals surface area contributed by atoms with Crippen molar-refractivity contribution in [3.05, 3.63) is 0 Å². The molecule has 1 aliphatic carbocycles. The molecule has 1 saturated carbocycles. The van der Waals surface area contributed by atoms with Gasteiger partial charge in [0.05, 0.1) is 11.0 Å². The van der Waals surface area contributed by atoms with E-state index >= 15 is 0 Å². The fourth-order valence-electron chi connectivity index (χ4n) is 2.27. The zero-order valence-electron chi connectivity index (χ0n) is 9.99. The summed E-state index contributed by atoms with van der Waals surface area (Å²) in [6.07, 6.45) is 3.98. The Bertz CT molecular complexity index is 287. The Morgan fingerprint density at radius 2 is 2.07 bits per heavy atom. The molecule has 0 aromatic rings. The van der Waals surface area contributed by atoms with E-state index in [1.54, 1.807) is 0 Å². The van der Waals surface area contributed by atoms with E-state index in [-0.39, 0.29) is 17.0 Å². The van der Waals surface area contributed by atoms with Crippen LogP contribution in [0.3, 0.4) is 0 Å². The highest BCUT2D eigenvalue weighted by Crippen LogP contribution is 2.28. The molecule has 0 saturated heterocycles. The largest absolute Gasteiger partial charge is 0.316 e. The smallest absolute Gasteiger partial charge is 0.154 e. The Hall–Kier alpha value is -0.0900. The van der Waals surface area contributed by atoms with Crippen molar-refractivity contribution in [2.24, 2.45) is 5.92 Å². The van der Waals surface area contributed by atoms with Crippen molar-refractivity contribution in [2.45, 2.75) is 50.8 Å². The fourth-order valence-corrected chi connectivity index (χ4v) is 4.56. The van der Waals surface area contributed by atoms with Crippen molar-refractivity contribution in [3.8, 4) is 0 Å². The van der Waals surface area contributed by atoms with Crippen molar-refractivity contribution >= 4 is 9.84 Å². The van der Waals surface area contributed by atoms with Gasteiger partial charge in [0.1, 0.15) is 0 Å². The van der Waals surface area contributed by atoms with Crippen molar-refractivity contribution in [3.63, 3.8) is 0 Å². The second kappa shape index (κ2) is 5.30. The van der Waals surface area contributed by atoms with Gasteiger partial charge in [0.15, 0.2) is 9.84 Å². The lowest BCUT2D eigenvalue weighted by Gasteiger charge is -2.27. The van der Waals surface area contributed by atoms with Gasteiger partial charge < -0.3 is 5.32 Å². The van der Waals surface area contributed by atoms with Gasteiger partial charge >= 0.3 is 0 Å². The van der Waals surface area contributed by atoms with Gasteiger partial charge in [-0.15, -0.1) is 0 Å². The van der Waals surface area contributed by atoms with Gasteiger partial charge in [-0.1, -0.05) is 19.8 Å². The average molecular weight is 233 g/mol. The summed E-state index contributed by atoms with van der Waals surface area (Å²) >= 11 is 0. The molecule has 0 bridgehead atoms. The highest BCUT2D eigenvalue weighted by atomic mass is 32.2. The van der Waals surface area contributed by atoms with Gasteiger partial charge in [0, 0.05) is 6.04 Å². The van der Waals surface area contributed by atoms with E-state index in [0.29, 0.717) is 5.92 Å². The molecule has 0 heterocycles. The molecular weight excluding hydrogens is 210 g/mol. The summed E-state index contributed by atoms with van der Waals surface area (Å²) in [5.41, 5.74) is 0. The number of sulfone groups is 1. The maximum atomic E-state index is 12.1. The molecule has 0 aliphatic heterocycles. The molecule has 3 nitrogen and oxygen atoms in total. The Morgan fingerprint density at radius 3 is 2.60 bits per heavy atom. The topological polar surface area (TPSA) is 46.2 Å². The van der Waals surface area contributed by atoms with Crippen LogP contribution in [0.1, 0.15) is 39.5 Å². The van der Waals surface area contributed by atoms with E-state index in [9.17, 15) is 8.42 Å². The third-order valence-electron chi connectivity index (χ3n) is 3.37. The van der Waals surface area contributed by atoms with E-state index in [0.717, 1.165) is 19.3 Å². The first kappa shape index (κ1) is 13.0. The predicted molar refractivity (Wildman–Crippen MR) is 63.7 cm³/mol. The first-order chi connectivity index (χ1) is 6.95. The van der Waals surface area contributed by atoms with E-state index < -0.39 is 9.84 Å². The summed E-state index contributed by atoms with van der Waals surface area (Å²) in [6.45, 7) is 4.08. The van der Waals surface area contributed by atoms with Crippen LogP contribution < -0.4 is 5.32 Å². The molecule has 1 N–H and O–H groups in total. The first-order valence-corrected chi connectivity index (χ1v) is 7.56. The SMILES string of the molecule is CNC(C)CS(=O)(=O)C1CCCC(C)C1. The maximum Gasteiger partial charge on any atom is 0.154 e. The van der Waals surface area contributed by atoms with Crippen LogP contribution in [0.5, 0.6) is 0 Å². The molecule has 1 rings (SSSR count). The number of hydrogen-bond donors (Lipinski definition) is 1. The molecular formula is C11H23NO2S. The third kappa shape index (κ3) is 3.76. The van der Waals surface area contributed by atoms with Crippen LogP contribution in [0.2, 0.25) is 0 Å². The third-order valence-corrected chi connectivity index (χ3v) is 5.78. The van der Waals surface area contributed by atoms with Gasteiger partial charge in [0.25, 0.3) is 0 Å². The molecule has 15 heavy (non-hydrogen) atoms. The summed E-state index contributed by atoms with van der Waals surface area (Å²) in [6, 6.07) is 0.0623. The second-order valence-corrected chi connectivity index (χ2v) is 7.24. The molecule has 90 valence electrons. The normalized spacial score (nSPS) is 30.1. The van der Waals surface area contributed by atoms with Crippen LogP contribution in [0, 0.1) is 5.92 Å². The van der Waals surface area contributed by atoms with E-state index in [1.807, 2.05) is 14.0 Å². The van der Waals surface area contributed by atoms with Crippen molar-refractivity contribution < 1.29 is 8.42 Å². The van der Waals surface area contributed by atoms with Gasteiger partial charge in [-0.05, 0) is 32.7 Å². The highest BCUT2D eigenvalue weighted by Gasteiger charge is 2.30. The van der Waals surface area contributed by atoms with Crippen LogP contribution >= 0.6 is 0 Å². The zero-order chi connectivity index (χ0) is 11.5. The maximum absolute atomic E-state index is 12.1. The van der Waals surface area contributed by atoms with Crippen LogP contribution in [0.15, 0.2) is 0 Å². The lowest BCUT2D eigenvalue weighted by atomic mass is 9.91. The number of nitrogens with one attached hydrogen (secondary N) is 1. The minimum Gasteiger partial charge on any atom is -0.316 e. The average Bonchev–Trinajstić information content (AvgIpc) is 2.17. The summed E-state index contributed by atoms with van der Waals surface area (Å²) in [7, 11) is -1.08. The van der Waals surface area contributed by atoms with Crippen LogP contribution in [-0.4, -0.2) is 32.5 Å². The van der Waals surface area contributed by atoms with Gasteiger partial charge in [-0.2, -0.15) is 0 Å². The monoisotopic (exact) mass is 233 g/mol. The van der Waals surface area contributed by atoms with Gasteiger partial charge in [0.2, 0.25) is 0 Å². The van der Waals surface area contributed by atoms with Crippen molar-refractivity contribution in [2.75, 3.05) is 12.8 Å². The van der Waals surface area contributed by atoms with Gasteiger partial charge in [-0.25, -0.2) is 8.42 Å².